The van der Waals surface area contributed by atoms with Gasteiger partial charge in [-0.15, -0.1) is 11.3 Å². The molecule has 3 aromatic rings. The first-order chi connectivity index (χ1) is 11.2. The third kappa shape index (κ3) is 3.38. The summed E-state index contributed by atoms with van der Waals surface area (Å²) in [4.78, 5) is 0. The van der Waals surface area contributed by atoms with Crippen molar-refractivity contribution in [2.45, 2.75) is 19.4 Å². The Balaban J connectivity index is 1.95. The van der Waals surface area contributed by atoms with Gasteiger partial charge in [-0.1, -0.05) is 30.3 Å². The van der Waals surface area contributed by atoms with Crippen LogP contribution in [0.1, 0.15) is 23.7 Å². The summed E-state index contributed by atoms with van der Waals surface area (Å²) in [6.07, 6.45) is 0.795. The molecule has 1 atom stereocenters. The van der Waals surface area contributed by atoms with E-state index in [0.717, 1.165) is 34.5 Å². The Bertz CT molecular complexity index is 785. The molecule has 0 saturated heterocycles. The predicted molar refractivity (Wildman–Crippen MR) is 94.9 cm³/mol. The van der Waals surface area contributed by atoms with Gasteiger partial charge in [0.1, 0.15) is 17.7 Å². The molecule has 0 unspecified atom stereocenters. The molecule has 2 nitrogen and oxygen atoms in total. The molecule has 0 bridgehead atoms. The standard InChI is InChI=1S/C19H20FNOS/c1-13-12-23-19-17(9-8-15(20)18(13)19)22-16(10-11-21-2)14-6-4-3-5-7-14/h3-9,12,16,21H,10-11H2,1-2H3/t16-/m1/s1. The highest BCUT2D eigenvalue weighted by atomic mass is 32.1. The van der Waals surface area contributed by atoms with E-state index in [1.807, 2.05) is 37.6 Å². The second kappa shape index (κ2) is 7.11. The highest BCUT2D eigenvalue weighted by molar-refractivity contribution is 7.17. The zero-order chi connectivity index (χ0) is 16.2. The van der Waals surface area contributed by atoms with E-state index in [0.29, 0.717) is 5.39 Å². The first-order valence-corrected chi connectivity index (χ1v) is 8.61. The third-order valence-corrected chi connectivity index (χ3v) is 5.03. The topological polar surface area (TPSA) is 21.3 Å². The Labute approximate surface area is 139 Å². The average molecular weight is 329 g/mol. The van der Waals surface area contributed by atoms with Crippen LogP contribution in [0.15, 0.2) is 47.8 Å². The minimum atomic E-state index is -0.183. The summed E-state index contributed by atoms with van der Waals surface area (Å²) in [6.45, 7) is 2.79. The molecule has 0 radical (unpaired) electrons. The van der Waals surface area contributed by atoms with Gasteiger partial charge in [0.2, 0.25) is 0 Å². The van der Waals surface area contributed by atoms with Crippen molar-refractivity contribution in [3.8, 4) is 5.75 Å². The highest BCUT2D eigenvalue weighted by Crippen LogP contribution is 2.37. The van der Waals surface area contributed by atoms with E-state index in [4.69, 9.17) is 4.74 Å². The molecule has 0 aliphatic rings. The van der Waals surface area contributed by atoms with Crippen LogP contribution in [0.25, 0.3) is 10.1 Å². The minimum Gasteiger partial charge on any atom is -0.484 e. The molecule has 3 rings (SSSR count). The Morgan fingerprint density at radius 2 is 1.96 bits per heavy atom. The van der Waals surface area contributed by atoms with Gasteiger partial charge in [0.15, 0.2) is 0 Å². The first-order valence-electron chi connectivity index (χ1n) is 7.73. The summed E-state index contributed by atoms with van der Waals surface area (Å²) < 4.78 is 21.2. The zero-order valence-electron chi connectivity index (χ0n) is 13.3. The maximum absolute atomic E-state index is 14.1. The van der Waals surface area contributed by atoms with E-state index in [-0.39, 0.29) is 11.9 Å². The fraction of sp³-hybridized carbons (Fsp3) is 0.263. The quantitative estimate of drug-likeness (QED) is 0.681. The number of ether oxygens (including phenoxy) is 1. The lowest BCUT2D eigenvalue weighted by molar-refractivity contribution is 0.198. The Kier molecular flexibility index (Phi) is 4.94. The molecule has 1 aromatic heterocycles. The van der Waals surface area contributed by atoms with Crippen LogP contribution < -0.4 is 10.1 Å². The van der Waals surface area contributed by atoms with Gasteiger partial charge in [-0.3, -0.25) is 0 Å². The third-order valence-electron chi connectivity index (χ3n) is 3.92. The Hall–Kier alpha value is -1.91. The smallest absolute Gasteiger partial charge is 0.138 e. The SMILES string of the molecule is CNCC[C@@H](Oc1ccc(F)c2c(C)csc12)c1ccccc1. The average Bonchev–Trinajstić information content (AvgIpc) is 2.97. The normalized spacial score (nSPS) is 12.5. The maximum Gasteiger partial charge on any atom is 0.138 e. The van der Waals surface area contributed by atoms with Crippen molar-refractivity contribution < 1.29 is 9.13 Å². The van der Waals surface area contributed by atoms with E-state index in [1.54, 1.807) is 6.07 Å². The van der Waals surface area contributed by atoms with Crippen molar-refractivity contribution in [1.82, 2.24) is 5.32 Å². The molecule has 0 saturated carbocycles. The lowest BCUT2D eigenvalue weighted by Gasteiger charge is -2.20. The monoisotopic (exact) mass is 329 g/mol. The lowest BCUT2D eigenvalue weighted by Crippen LogP contribution is -2.16. The number of benzene rings is 2. The summed E-state index contributed by atoms with van der Waals surface area (Å²) in [5.74, 6) is 0.571. The summed E-state index contributed by atoms with van der Waals surface area (Å²) in [5, 5.41) is 5.82. The van der Waals surface area contributed by atoms with Gasteiger partial charge in [-0.05, 0) is 49.2 Å². The van der Waals surface area contributed by atoms with Crippen molar-refractivity contribution >= 4 is 21.4 Å². The predicted octanol–water partition coefficient (Wildman–Crippen LogP) is 5.08. The number of rotatable bonds is 6. The summed E-state index contributed by atoms with van der Waals surface area (Å²) in [6, 6.07) is 13.4. The van der Waals surface area contributed by atoms with Gasteiger partial charge in [-0.25, -0.2) is 4.39 Å². The van der Waals surface area contributed by atoms with Crippen molar-refractivity contribution in [3.05, 3.63) is 64.8 Å². The molecule has 0 aliphatic heterocycles. The molecular weight excluding hydrogens is 309 g/mol. The van der Waals surface area contributed by atoms with E-state index in [9.17, 15) is 4.39 Å². The Morgan fingerprint density at radius 3 is 2.70 bits per heavy atom. The molecule has 0 amide bonds. The van der Waals surface area contributed by atoms with E-state index >= 15 is 0 Å². The molecular formula is C19H20FNOS. The van der Waals surface area contributed by atoms with E-state index < -0.39 is 0 Å². The highest BCUT2D eigenvalue weighted by Gasteiger charge is 2.17. The molecule has 1 N–H and O–H groups in total. The van der Waals surface area contributed by atoms with Gasteiger partial charge < -0.3 is 10.1 Å². The first kappa shape index (κ1) is 16.0. The van der Waals surface area contributed by atoms with Crippen LogP contribution in [0, 0.1) is 12.7 Å². The van der Waals surface area contributed by atoms with Gasteiger partial charge in [-0.2, -0.15) is 0 Å². The van der Waals surface area contributed by atoms with Crippen LogP contribution in [0.3, 0.4) is 0 Å². The van der Waals surface area contributed by atoms with Crippen LogP contribution in [0.4, 0.5) is 4.39 Å². The fourth-order valence-electron chi connectivity index (χ4n) is 2.71. The number of aryl methyl sites for hydroxylation is 1. The molecule has 0 spiro atoms. The molecule has 0 fully saturated rings. The van der Waals surface area contributed by atoms with Crippen LogP contribution in [0.2, 0.25) is 0 Å². The minimum absolute atomic E-state index is 0.0558. The number of nitrogens with one attached hydrogen (secondary N) is 1. The maximum atomic E-state index is 14.1. The van der Waals surface area contributed by atoms with Gasteiger partial charge >= 0.3 is 0 Å². The van der Waals surface area contributed by atoms with Crippen molar-refractivity contribution in [2.24, 2.45) is 0 Å². The van der Waals surface area contributed by atoms with Gasteiger partial charge in [0, 0.05) is 11.8 Å². The summed E-state index contributed by atoms with van der Waals surface area (Å²) in [7, 11) is 1.93. The van der Waals surface area contributed by atoms with E-state index in [2.05, 4.69) is 17.4 Å². The Morgan fingerprint density at radius 1 is 1.17 bits per heavy atom. The molecule has 4 heteroatoms. The zero-order valence-corrected chi connectivity index (χ0v) is 14.1. The molecule has 1 heterocycles. The van der Waals surface area contributed by atoms with Crippen LogP contribution in [-0.2, 0) is 0 Å². The number of fused-ring (bicyclic) bond motifs is 1. The number of hydrogen-bond acceptors (Lipinski definition) is 3. The largest absolute Gasteiger partial charge is 0.484 e. The van der Waals surface area contributed by atoms with Gasteiger partial charge in [0.05, 0.1) is 4.70 Å². The van der Waals surface area contributed by atoms with Crippen molar-refractivity contribution in [2.75, 3.05) is 13.6 Å². The second-order valence-corrected chi connectivity index (χ2v) is 6.46. The molecule has 23 heavy (non-hydrogen) atoms. The van der Waals surface area contributed by atoms with Crippen LogP contribution >= 0.6 is 11.3 Å². The number of thiophene rings is 1. The lowest BCUT2D eigenvalue weighted by atomic mass is 10.1. The van der Waals surface area contributed by atoms with E-state index in [1.165, 1.54) is 17.4 Å². The van der Waals surface area contributed by atoms with Crippen LogP contribution in [-0.4, -0.2) is 13.6 Å². The van der Waals surface area contributed by atoms with Crippen molar-refractivity contribution in [1.29, 1.82) is 0 Å². The fourth-order valence-corrected chi connectivity index (χ4v) is 3.73. The summed E-state index contributed by atoms with van der Waals surface area (Å²) >= 11 is 1.54. The molecule has 0 aliphatic carbocycles. The van der Waals surface area contributed by atoms with Crippen molar-refractivity contribution in [3.63, 3.8) is 0 Å². The summed E-state index contributed by atoms with van der Waals surface area (Å²) in [5.41, 5.74) is 2.09. The molecule has 2 aromatic carbocycles. The number of halogens is 1. The van der Waals surface area contributed by atoms with Crippen LogP contribution in [0.5, 0.6) is 5.75 Å². The van der Waals surface area contributed by atoms with Gasteiger partial charge in [0.25, 0.3) is 0 Å². The number of hydrogen-bond donors (Lipinski definition) is 1. The molecule has 120 valence electrons. The second-order valence-electron chi connectivity index (χ2n) is 5.58.